The number of rotatable bonds is 4. The van der Waals surface area contributed by atoms with Gasteiger partial charge < -0.3 is 0 Å². The quantitative estimate of drug-likeness (QED) is 0.235. The molecule has 0 aliphatic carbocycles. The first-order chi connectivity index (χ1) is 18.8. The highest BCUT2D eigenvalue weighted by atomic mass is 14.9. The van der Waals surface area contributed by atoms with E-state index in [1.807, 2.05) is 67.0 Å². The second-order valence-electron chi connectivity index (χ2n) is 9.17. The van der Waals surface area contributed by atoms with Crippen molar-refractivity contribution in [3.63, 3.8) is 0 Å². The molecule has 7 rings (SSSR count). The third-order valence-corrected chi connectivity index (χ3v) is 6.79. The van der Waals surface area contributed by atoms with E-state index in [-0.39, 0.29) is 0 Å². The highest BCUT2D eigenvalue weighted by Crippen LogP contribution is 2.33. The third-order valence-electron chi connectivity index (χ3n) is 6.79. The molecule has 0 aliphatic heterocycles. The van der Waals surface area contributed by atoms with Gasteiger partial charge >= 0.3 is 0 Å². The van der Waals surface area contributed by atoms with Crippen LogP contribution in [-0.4, -0.2) is 19.9 Å². The fraction of sp³-hybridized carbons (Fsp3) is 0. The maximum atomic E-state index is 5.14. The van der Waals surface area contributed by atoms with Crippen molar-refractivity contribution in [3.05, 3.63) is 134 Å². The predicted molar refractivity (Wildman–Crippen MR) is 154 cm³/mol. The molecule has 3 heterocycles. The Morgan fingerprint density at radius 2 is 0.868 bits per heavy atom. The van der Waals surface area contributed by atoms with E-state index in [2.05, 4.69) is 66.7 Å². The van der Waals surface area contributed by atoms with E-state index in [0.717, 1.165) is 61.0 Å². The first kappa shape index (κ1) is 22.0. The molecule has 0 spiro atoms. The van der Waals surface area contributed by atoms with Crippen LogP contribution in [0.3, 0.4) is 0 Å². The highest BCUT2D eigenvalue weighted by Gasteiger charge is 2.13. The highest BCUT2D eigenvalue weighted by molar-refractivity contribution is 6.04. The van der Waals surface area contributed by atoms with Gasteiger partial charge in [0.05, 0.1) is 22.4 Å². The van der Waals surface area contributed by atoms with Gasteiger partial charge in [0, 0.05) is 45.4 Å². The molecule has 3 aromatic heterocycles. The molecule has 4 nitrogen and oxygen atoms in total. The fourth-order valence-electron chi connectivity index (χ4n) is 4.84. The standard InChI is InChI=1S/C34H22N4/c1-3-9-23(10-4-1)27-21-35-34(36-22-27)29-14-8-7-13-28(29)31-20-18-26-16-15-25-17-19-30(24-11-5-2-6-12-24)37-32(25)33(26)38-31/h1-22H. The Hall–Kier alpha value is -5.22. The minimum atomic E-state index is 0.671. The first-order valence-electron chi connectivity index (χ1n) is 12.6. The van der Waals surface area contributed by atoms with Gasteiger partial charge in [-0.15, -0.1) is 0 Å². The van der Waals surface area contributed by atoms with Crippen LogP contribution in [0.4, 0.5) is 0 Å². The normalized spacial score (nSPS) is 11.2. The lowest BCUT2D eigenvalue weighted by molar-refractivity contribution is 1.18. The molecule has 7 aromatic rings. The molecule has 0 bridgehead atoms. The van der Waals surface area contributed by atoms with Crippen molar-refractivity contribution in [1.29, 1.82) is 0 Å². The minimum absolute atomic E-state index is 0.671. The van der Waals surface area contributed by atoms with Crippen LogP contribution in [-0.2, 0) is 0 Å². The molecule has 0 atom stereocenters. The summed E-state index contributed by atoms with van der Waals surface area (Å²) in [5, 5.41) is 2.12. The number of hydrogen-bond donors (Lipinski definition) is 0. The SMILES string of the molecule is c1ccc(-c2cnc(-c3ccccc3-c3ccc4ccc5ccc(-c6ccccc6)nc5c4n3)nc2)cc1. The molecule has 0 radical (unpaired) electrons. The van der Waals surface area contributed by atoms with Gasteiger partial charge in [-0.3, -0.25) is 0 Å². The average molecular weight is 487 g/mol. The Labute approximate surface area is 220 Å². The van der Waals surface area contributed by atoms with E-state index < -0.39 is 0 Å². The van der Waals surface area contributed by atoms with Gasteiger partial charge in [0.2, 0.25) is 0 Å². The maximum absolute atomic E-state index is 5.14. The van der Waals surface area contributed by atoms with Crippen LogP contribution in [0.2, 0.25) is 0 Å². The van der Waals surface area contributed by atoms with Crippen LogP contribution < -0.4 is 0 Å². The lowest BCUT2D eigenvalue weighted by atomic mass is 10.0. The van der Waals surface area contributed by atoms with Gasteiger partial charge in [-0.25, -0.2) is 19.9 Å². The monoisotopic (exact) mass is 486 g/mol. The summed E-state index contributed by atoms with van der Waals surface area (Å²) in [4.78, 5) is 19.6. The summed E-state index contributed by atoms with van der Waals surface area (Å²) in [6.07, 6.45) is 3.76. The molecule has 0 saturated carbocycles. The minimum Gasteiger partial charge on any atom is -0.245 e. The summed E-state index contributed by atoms with van der Waals surface area (Å²) < 4.78 is 0. The topological polar surface area (TPSA) is 51.6 Å². The summed E-state index contributed by atoms with van der Waals surface area (Å²) in [5.74, 6) is 0.671. The largest absolute Gasteiger partial charge is 0.245 e. The van der Waals surface area contributed by atoms with Crippen LogP contribution in [0.5, 0.6) is 0 Å². The molecule has 0 amide bonds. The zero-order valence-corrected chi connectivity index (χ0v) is 20.5. The lowest BCUT2D eigenvalue weighted by Gasteiger charge is -2.11. The van der Waals surface area contributed by atoms with Crippen LogP contribution in [0, 0.1) is 0 Å². The maximum Gasteiger partial charge on any atom is 0.159 e. The van der Waals surface area contributed by atoms with E-state index >= 15 is 0 Å². The van der Waals surface area contributed by atoms with E-state index in [9.17, 15) is 0 Å². The van der Waals surface area contributed by atoms with Crippen LogP contribution >= 0.6 is 0 Å². The van der Waals surface area contributed by atoms with Crippen molar-refractivity contribution in [2.45, 2.75) is 0 Å². The van der Waals surface area contributed by atoms with Crippen LogP contribution in [0.25, 0.3) is 66.8 Å². The molecular weight excluding hydrogens is 464 g/mol. The molecule has 38 heavy (non-hydrogen) atoms. The Morgan fingerprint density at radius 3 is 1.53 bits per heavy atom. The lowest BCUT2D eigenvalue weighted by Crippen LogP contribution is -1.95. The molecule has 4 heteroatoms. The van der Waals surface area contributed by atoms with Gasteiger partial charge in [-0.2, -0.15) is 0 Å². The van der Waals surface area contributed by atoms with Gasteiger partial charge in [0.25, 0.3) is 0 Å². The molecule has 0 saturated heterocycles. The van der Waals surface area contributed by atoms with Crippen molar-refractivity contribution in [2.75, 3.05) is 0 Å². The average Bonchev–Trinajstić information content (AvgIpc) is 3.01. The number of aromatic nitrogens is 4. The Morgan fingerprint density at radius 1 is 0.368 bits per heavy atom. The second kappa shape index (κ2) is 9.34. The van der Waals surface area contributed by atoms with Crippen molar-refractivity contribution >= 4 is 21.8 Å². The van der Waals surface area contributed by atoms with E-state index in [1.165, 1.54) is 0 Å². The molecular formula is C34H22N4. The Bertz CT molecular complexity index is 1900. The second-order valence-corrected chi connectivity index (χ2v) is 9.17. The zero-order chi connectivity index (χ0) is 25.3. The smallest absolute Gasteiger partial charge is 0.159 e. The van der Waals surface area contributed by atoms with Crippen molar-refractivity contribution in [1.82, 2.24) is 19.9 Å². The molecule has 4 aromatic carbocycles. The van der Waals surface area contributed by atoms with Crippen LogP contribution in [0.15, 0.2) is 134 Å². The van der Waals surface area contributed by atoms with E-state index in [4.69, 9.17) is 19.9 Å². The van der Waals surface area contributed by atoms with Gasteiger partial charge in [-0.1, -0.05) is 109 Å². The fourth-order valence-corrected chi connectivity index (χ4v) is 4.84. The number of hydrogen-bond acceptors (Lipinski definition) is 4. The summed E-state index contributed by atoms with van der Waals surface area (Å²) in [5.41, 5.74) is 8.67. The molecule has 0 fully saturated rings. The number of fused-ring (bicyclic) bond motifs is 3. The molecule has 0 unspecified atom stereocenters. The number of nitrogens with zero attached hydrogens (tertiary/aromatic N) is 4. The van der Waals surface area contributed by atoms with E-state index in [0.29, 0.717) is 5.82 Å². The van der Waals surface area contributed by atoms with Crippen molar-refractivity contribution in [2.24, 2.45) is 0 Å². The molecule has 0 N–H and O–H groups in total. The Balaban J connectivity index is 1.35. The van der Waals surface area contributed by atoms with Crippen molar-refractivity contribution in [3.8, 4) is 45.0 Å². The number of pyridine rings is 2. The predicted octanol–water partition coefficient (Wildman–Crippen LogP) is 8.24. The van der Waals surface area contributed by atoms with Crippen molar-refractivity contribution < 1.29 is 0 Å². The molecule has 178 valence electrons. The first-order valence-corrected chi connectivity index (χ1v) is 12.6. The van der Waals surface area contributed by atoms with Gasteiger partial charge in [-0.05, 0) is 17.7 Å². The van der Waals surface area contributed by atoms with E-state index in [1.54, 1.807) is 0 Å². The Kier molecular flexibility index (Phi) is 5.41. The summed E-state index contributed by atoms with van der Waals surface area (Å²) >= 11 is 0. The summed E-state index contributed by atoms with van der Waals surface area (Å²) in [6.45, 7) is 0. The zero-order valence-electron chi connectivity index (χ0n) is 20.5. The summed E-state index contributed by atoms with van der Waals surface area (Å²) in [6, 6.07) is 41.2. The molecule has 0 aliphatic rings. The van der Waals surface area contributed by atoms with Gasteiger partial charge in [0.15, 0.2) is 5.82 Å². The van der Waals surface area contributed by atoms with Gasteiger partial charge in [0.1, 0.15) is 0 Å². The summed E-state index contributed by atoms with van der Waals surface area (Å²) in [7, 11) is 0. The van der Waals surface area contributed by atoms with Crippen LogP contribution in [0.1, 0.15) is 0 Å². The third kappa shape index (κ3) is 3.98. The number of benzene rings is 4.